The van der Waals surface area contributed by atoms with Crippen molar-refractivity contribution in [2.45, 2.75) is 26.2 Å². The van der Waals surface area contributed by atoms with Crippen molar-refractivity contribution in [3.8, 4) is 0 Å². The monoisotopic (exact) mass is 167 g/mol. The van der Waals surface area contributed by atoms with Crippen molar-refractivity contribution in [1.82, 2.24) is 0 Å². The van der Waals surface area contributed by atoms with E-state index in [1.165, 1.54) is 0 Å². The normalized spacial score (nSPS) is 11.6. The van der Waals surface area contributed by atoms with Crippen LogP contribution in [0.5, 0.6) is 0 Å². The molecule has 0 nitrogen and oxygen atoms in total. The third-order valence-electron chi connectivity index (χ3n) is 1.57. The van der Waals surface area contributed by atoms with E-state index in [9.17, 15) is 0 Å². The van der Waals surface area contributed by atoms with E-state index in [2.05, 4.69) is 26.8 Å². The van der Waals surface area contributed by atoms with Gasteiger partial charge in [0, 0.05) is 5.02 Å². The molecule has 0 aliphatic carbocycles. The van der Waals surface area contributed by atoms with Gasteiger partial charge in [-0.2, -0.15) is 0 Å². The van der Waals surface area contributed by atoms with Crippen molar-refractivity contribution >= 4 is 11.6 Å². The molecule has 0 saturated carbocycles. The summed E-state index contributed by atoms with van der Waals surface area (Å²) in [4.78, 5) is 0. The third-order valence-corrected chi connectivity index (χ3v) is 1.81. The standard InChI is InChI=1S/C10H12Cl/c1-10(2,3)8-5-4-6-9(11)7-8/h4,6-7H,1-3H3. The molecule has 1 aromatic rings. The second-order valence-corrected chi connectivity index (χ2v) is 4.11. The smallest absolute Gasteiger partial charge is 0.0409 e. The highest BCUT2D eigenvalue weighted by Gasteiger charge is 2.13. The minimum Gasteiger partial charge on any atom is -0.0843 e. The molecule has 0 atom stereocenters. The molecule has 0 aliphatic rings. The van der Waals surface area contributed by atoms with Crippen molar-refractivity contribution in [3.05, 3.63) is 34.9 Å². The van der Waals surface area contributed by atoms with Gasteiger partial charge >= 0.3 is 0 Å². The van der Waals surface area contributed by atoms with Crippen LogP contribution in [0, 0.1) is 6.07 Å². The molecule has 59 valence electrons. The van der Waals surface area contributed by atoms with E-state index in [4.69, 9.17) is 11.6 Å². The van der Waals surface area contributed by atoms with E-state index in [-0.39, 0.29) is 5.41 Å². The Labute approximate surface area is 73.2 Å². The molecule has 0 aromatic heterocycles. The fourth-order valence-electron chi connectivity index (χ4n) is 0.872. The van der Waals surface area contributed by atoms with Crippen LogP contribution in [0.25, 0.3) is 0 Å². The van der Waals surface area contributed by atoms with Crippen LogP contribution < -0.4 is 0 Å². The lowest BCUT2D eigenvalue weighted by atomic mass is 9.87. The number of halogens is 1. The second kappa shape index (κ2) is 2.86. The fourth-order valence-corrected chi connectivity index (χ4v) is 1.04. The zero-order valence-electron chi connectivity index (χ0n) is 7.11. The van der Waals surface area contributed by atoms with Gasteiger partial charge in [0.15, 0.2) is 0 Å². The van der Waals surface area contributed by atoms with E-state index >= 15 is 0 Å². The molecule has 0 heterocycles. The summed E-state index contributed by atoms with van der Waals surface area (Å²) in [5.74, 6) is 0. The maximum atomic E-state index is 5.83. The zero-order valence-corrected chi connectivity index (χ0v) is 7.87. The van der Waals surface area contributed by atoms with E-state index < -0.39 is 0 Å². The van der Waals surface area contributed by atoms with Crippen LogP contribution in [0.15, 0.2) is 18.2 Å². The molecule has 1 rings (SSSR count). The summed E-state index contributed by atoms with van der Waals surface area (Å²) < 4.78 is 0. The van der Waals surface area contributed by atoms with Gasteiger partial charge < -0.3 is 0 Å². The van der Waals surface area contributed by atoms with Gasteiger partial charge in [0.1, 0.15) is 0 Å². The molecule has 0 aliphatic heterocycles. The maximum Gasteiger partial charge on any atom is 0.0409 e. The van der Waals surface area contributed by atoms with Gasteiger partial charge in [-0.25, -0.2) is 0 Å². The summed E-state index contributed by atoms with van der Waals surface area (Å²) in [7, 11) is 0. The molecule has 1 heteroatoms. The first-order chi connectivity index (χ1) is 5.00. The third kappa shape index (κ3) is 2.23. The molecule has 0 fully saturated rings. The summed E-state index contributed by atoms with van der Waals surface area (Å²) in [5.41, 5.74) is 1.30. The summed E-state index contributed by atoms with van der Waals surface area (Å²) in [6, 6.07) is 8.83. The molecule has 1 radical (unpaired) electrons. The number of benzene rings is 1. The molecule has 11 heavy (non-hydrogen) atoms. The van der Waals surface area contributed by atoms with Crippen LogP contribution in [0.4, 0.5) is 0 Å². The summed E-state index contributed by atoms with van der Waals surface area (Å²) in [5, 5.41) is 0.786. The van der Waals surface area contributed by atoms with Gasteiger partial charge in [-0.1, -0.05) is 38.4 Å². The number of rotatable bonds is 0. The van der Waals surface area contributed by atoms with Crippen molar-refractivity contribution in [2.75, 3.05) is 0 Å². The fraction of sp³-hybridized carbons (Fsp3) is 0.400. The molecule has 0 amide bonds. The SMILES string of the molecule is CC(C)(C)c1[c]ccc(Cl)c1. The molecular formula is C10H12Cl. The lowest BCUT2D eigenvalue weighted by molar-refractivity contribution is 0.589. The highest BCUT2D eigenvalue weighted by Crippen LogP contribution is 2.23. The van der Waals surface area contributed by atoms with Crippen molar-refractivity contribution in [3.63, 3.8) is 0 Å². The lowest BCUT2D eigenvalue weighted by Gasteiger charge is -2.18. The van der Waals surface area contributed by atoms with Crippen LogP contribution in [0.2, 0.25) is 5.02 Å². The molecule has 1 aromatic carbocycles. The minimum absolute atomic E-state index is 0.144. The van der Waals surface area contributed by atoms with Crippen LogP contribution in [-0.2, 0) is 5.41 Å². The Kier molecular flexibility index (Phi) is 2.24. The quantitative estimate of drug-likeness (QED) is 0.556. The summed E-state index contributed by atoms with van der Waals surface area (Å²) in [6.45, 7) is 6.44. The van der Waals surface area contributed by atoms with Crippen molar-refractivity contribution in [1.29, 1.82) is 0 Å². The Bertz CT molecular complexity index is 245. The van der Waals surface area contributed by atoms with Gasteiger partial charge in [0.2, 0.25) is 0 Å². The zero-order chi connectivity index (χ0) is 8.48. The van der Waals surface area contributed by atoms with Gasteiger partial charge in [0.05, 0.1) is 0 Å². The van der Waals surface area contributed by atoms with Crippen LogP contribution in [0.1, 0.15) is 26.3 Å². The summed E-state index contributed by atoms with van der Waals surface area (Å²) in [6.07, 6.45) is 0. The largest absolute Gasteiger partial charge is 0.0843 e. The first-order valence-electron chi connectivity index (χ1n) is 3.68. The topological polar surface area (TPSA) is 0 Å². The second-order valence-electron chi connectivity index (χ2n) is 3.67. The Balaban J connectivity index is 3.06. The predicted molar refractivity (Wildman–Crippen MR) is 49.0 cm³/mol. The van der Waals surface area contributed by atoms with Crippen LogP contribution >= 0.6 is 11.6 Å². The van der Waals surface area contributed by atoms with E-state index in [1.807, 2.05) is 18.2 Å². The van der Waals surface area contributed by atoms with Gasteiger partial charge in [-0.05, 0) is 29.2 Å². The average molecular weight is 168 g/mol. The first kappa shape index (κ1) is 8.61. The Morgan fingerprint density at radius 1 is 1.36 bits per heavy atom. The van der Waals surface area contributed by atoms with Crippen LogP contribution in [-0.4, -0.2) is 0 Å². The van der Waals surface area contributed by atoms with E-state index in [1.54, 1.807) is 0 Å². The van der Waals surface area contributed by atoms with E-state index in [0.717, 1.165) is 10.6 Å². The Hall–Kier alpha value is -0.490. The molecule has 0 saturated heterocycles. The number of hydrogen-bond acceptors (Lipinski definition) is 0. The lowest BCUT2D eigenvalue weighted by Crippen LogP contribution is -2.10. The average Bonchev–Trinajstić information content (AvgIpc) is 1.86. The van der Waals surface area contributed by atoms with E-state index in [0.29, 0.717) is 0 Å². The highest BCUT2D eigenvalue weighted by atomic mass is 35.5. The molecule has 0 N–H and O–H groups in total. The van der Waals surface area contributed by atoms with Gasteiger partial charge in [-0.15, -0.1) is 0 Å². The molecule has 0 spiro atoms. The van der Waals surface area contributed by atoms with Gasteiger partial charge in [-0.3, -0.25) is 0 Å². The Morgan fingerprint density at radius 2 is 2.00 bits per heavy atom. The van der Waals surface area contributed by atoms with Crippen molar-refractivity contribution < 1.29 is 0 Å². The predicted octanol–water partition coefficient (Wildman–Crippen LogP) is 3.44. The number of hydrogen-bond donors (Lipinski definition) is 0. The molecular weight excluding hydrogens is 156 g/mol. The van der Waals surface area contributed by atoms with Gasteiger partial charge in [0.25, 0.3) is 0 Å². The molecule has 0 unspecified atom stereocenters. The summed E-state index contributed by atoms with van der Waals surface area (Å²) >= 11 is 5.83. The van der Waals surface area contributed by atoms with Crippen molar-refractivity contribution in [2.24, 2.45) is 0 Å². The Morgan fingerprint density at radius 3 is 2.36 bits per heavy atom. The van der Waals surface area contributed by atoms with Crippen LogP contribution in [0.3, 0.4) is 0 Å². The highest BCUT2D eigenvalue weighted by molar-refractivity contribution is 6.30. The minimum atomic E-state index is 0.144. The maximum absolute atomic E-state index is 5.83. The molecule has 0 bridgehead atoms. The first-order valence-corrected chi connectivity index (χ1v) is 4.05.